The second kappa shape index (κ2) is 8.01. The van der Waals surface area contributed by atoms with Gasteiger partial charge in [-0.05, 0) is 87.1 Å². The third kappa shape index (κ3) is 3.89. The van der Waals surface area contributed by atoms with E-state index in [9.17, 15) is 5.11 Å². The van der Waals surface area contributed by atoms with E-state index >= 15 is 0 Å². The van der Waals surface area contributed by atoms with Gasteiger partial charge < -0.3 is 14.9 Å². The molecule has 2 saturated heterocycles. The van der Waals surface area contributed by atoms with Gasteiger partial charge in [-0.2, -0.15) is 0 Å². The lowest BCUT2D eigenvalue weighted by Gasteiger charge is -2.18. The van der Waals surface area contributed by atoms with E-state index in [4.69, 9.17) is 4.98 Å². The zero-order chi connectivity index (χ0) is 19.8. The predicted molar refractivity (Wildman–Crippen MR) is 120 cm³/mol. The Kier molecular flexibility index (Phi) is 5.24. The summed E-state index contributed by atoms with van der Waals surface area (Å²) in [7, 11) is 2.24. The van der Waals surface area contributed by atoms with Gasteiger partial charge in [-0.15, -0.1) is 0 Å². The van der Waals surface area contributed by atoms with E-state index in [1.165, 1.54) is 41.0 Å². The van der Waals surface area contributed by atoms with Gasteiger partial charge in [0.1, 0.15) is 0 Å². The normalized spacial score (nSPS) is 22.8. The second-order valence-electron chi connectivity index (χ2n) is 8.31. The van der Waals surface area contributed by atoms with Crippen LogP contribution in [0.25, 0.3) is 11.0 Å². The van der Waals surface area contributed by atoms with Crippen LogP contribution in [0, 0.1) is 0 Å². The molecule has 5 nitrogen and oxygen atoms in total. The fraction of sp³-hybridized carbons (Fsp3) is 0.435. The molecule has 5 rings (SSSR count). The van der Waals surface area contributed by atoms with Crippen LogP contribution >= 0.6 is 11.9 Å². The summed E-state index contributed by atoms with van der Waals surface area (Å²) in [5.74, 6) is 0. The van der Waals surface area contributed by atoms with Gasteiger partial charge in [0.25, 0.3) is 0 Å². The molecule has 1 N–H and O–H groups in total. The number of rotatable bonds is 5. The van der Waals surface area contributed by atoms with E-state index < -0.39 is 0 Å². The average molecular weight is 409 g/mol. The molecule has 0 aliphatic carbocycles. The number of aliphatic hydroxyl groups excluding tert-OH is 1. The number of benzene rings is 1. The lowest BCUT2D eigenvalue weighted by Crippen LogP contribution is -2.26. The van der Waals surface area contributed by atoms with Crippen molar-refractivity contribution in [2.24, 2.45) is 0 Å². The molecule has 4 heterocycles. The minimum atomic E-state index is -0.206. The van der Waals surface area contributed by atoms with Crippen molar-refractivity contribution >= 4 is 28.7 Å². The molecule has 152 valence electrons. The largest absolute Gasteiger partial charge is 0.391 e. The summed E-state index contributed by atoms with van der Waals surface area (Å²) in [5, 5.41) is 9.86. The third-order valence-corrected chi connectivity index (χ3v) is 7.24. The molecule has 2 unspecified atom stereocenters. The van der Waals surface area contributed by atoms with Gasteiger partial charge in [0.15, 0.2) is 0 Å². The molecule has 0 saturated carbocycles. The number of pyridine rings is 1. The Labute approximate surface area is 176 Å². The number of anilines is 1. The molecule has 1 aromatic carbocycles. The molecular weight excluding hydrogens is 380 g/mol. The van der Waals surface area contributed by atoms with Gasteiger partial charge in [0, 0.05) is 42.1 Å². The van der Waals surface area contributed by atoms with E-state index in [1.807, 2.05) is 12.3 Å². The fourth-order valence-electron chi connectivity index (χ4n) is 4.64. The first-order chi connectivity index (χ1) is 14.2. The first kappa shape index (κ1) is 19.0. The van der Waals surface area contributed by atoms with E-state index in [2.05, 4.69) is 57.3 Å². The zero-order valence-electron chi connectivity index (χ0n) is 16.9. The highest BCUT2D eigenvalue weighted by atomic mass is 32.2. The Morgan fingerprint density at radius 1 is 1.17 bits per heavy atom. The quantitative estimate of drug-likeness (QED) is 0.696. The second-order valence-corrected chi connectivity index (χ2v) is 9.36. The zero-order valence-corrected chi connectivity index (χ0v) is 17.7. The van der Waals surface area contributed by atoms with Gasteiger partial charge in [-0.25, -0.2) is 0 Å². The first-order valence-corrected chi connectivity index (χ1v) is 11.3. The number of hydrogen-bond acceptors (Lipinski definition) is 5. The number of aliphatic hydroxyl groups is 1. The maximum Gasteiger partial charge on any atom is 0.0922 e. The summed E-state index contributed by atoms with van der Waals surface area (Å²) < 4.78 is 2.27. The summed E-state index contributed by atoms with van der Waals surface area (Å²) in [6, 6.07) is 13.4. The number of likely N-dealkylation sites (N-methyl/N-ethyl adjacent to an activating group) is 1. The minimum Gasteiger partial charge on any atom is -0.391 e. The predicted octanol–water partition coefficient (Wildman–Crippen LogP) is 3.80. The van der Waals surface area contributed by atoms with Crippen molar-refractivity contribution in [2.45, 2.75) is 42.7 Å². The van der Waals surface area contributed by atoms with Crippen LogP contribution in [0.1, 0.15) is 24.8 Å². The van der Waals surface area contributed by atoms with Crippen LogP contribution in [-0.4, -0.2) is 57.8 Å². The van der Waals surface area contributed by atoms with Crippen LogP contribution in [0.3, 0.4) is 0 Å². The van der Waals surface area contributed by atoms with Crippen molar-refractivity contribution in [3.05, 3.63) is 54.4 Å². The highest BCUT2D eigenvalue weighted by Crippen LogP contribution is 2.32. The molecule has 2 aromatic heterocycles. The summed E-state index contributed by atoms with van der Waals surface area (Å²) in [6.45, 7) is 2.84. The van der Waals surface area contributed by atoms with Gasteiger partial charge in [0.2, 0.25) is 0 Å². The van der Waals surface area contributed by atoms with Crippen LogP contribution in [0.15, 0.2) is 53.7 Å². The van der Waals surface area contributed by atoms with Crippen LogP contribution in [0.4, 0.5) is 5.69 Å². The SMILES string of the molecule is CN1CCCC1Cc1cn(Sc2cccc(N3CCC(O)C3)c2)c2cccnc12. The van der Waals surface area contributed by atoms with Crippen molar-refractivity contribution in [2.75, 3.05) is 31.6 Å². The highest BCUT2D eigenvalue weighted by Gasteiger charge is 2.24. The van der Waals surface area contributed by atoms with Gasteiger partial charge >= 0.3 is 0 Å². The Morgan fingerprint density at radius 2 is 2.10 bits per heavy atom. The molecule has 0 bridgehead atoms. The Bertz CT molecular complexity index is 1000. The Hall–Kier alpha value is -2.02. The first-order valence-electron chi connectivity index (χ1n) is 10.5. The molecule has 2 aliphatic rings. The van der Waals surface area contributed by atoms with Crippen molar-refractivity contribution in [3.63, 3.8) is 0 Å². The Balaban J connectivity index is 1.42. The molecule has 2 atom stereocenters. The average Bonchev–Trinajstić information content (AvgIpc) is 3.43. The molecule has 2 aliphatic heterocycles. The lowest BCUT2D eigenvalue weighted by atomic mass is 10.1. The molecule has 3 aromatic rings. The minimum absolute atomic E-state index is 0.206. The monoisotopic (exact) mass is 408 g/mol. The summed E-state index contributed by atoms with van der Waals surface area (Å²) in [5.41, 5.74) is 4.83. The van der Waals surface area contributed by atoms with E-state index in [0.717, 1.165) is 31.4 Å². The summed E-state index contributed by atoms with van der Waals surface area (Å²) in [6.07, 6.45) is 8.45. The third-order valence-electron chi connectivity index (χ3n) is 6.28. The lowest BCUT2D eigenvalue weighted by molar-refractivity contribution is 0.198. The van der Waals surface area contributed by atoms with Crippen LogP contribution in [0.5, 0.6) is 0 Å². The van der Waals surface area contributed by atoms with Gasteiger partial charge in [-0.3, -0.25) is 8.96 Å². The number of likely N-dealkylation sites (tertiary alicyclic amines) is 1. The maximum atomic E-state index is 9.86. The standard InChI is InChI=1S/C23H28N4OS/c1-25-11-4-6-18(25)13-17-15-27(22-8-3-10-24-23(17)22)29-21-7-2-5-19(14-21)26-12-9-20(28)16-26/h2-3,5,7-8,10,14-15,18,20,28H,4,6,9,11-13,16H2,1H3. The molecule has 0 amide bonds. The van der Waals surface area contributed by atoms with Crippen molar-refractivity contribution in [3.8, 4) is 0 Å². The number of hydrogen-bond donors (Lipinski definition) is 1. The number of nitrogens with zero attached hydrogens (tertiary/aromatic N) is 4. The number of fused-ring (bicyclic) bond motifs is 1. The Morgan fingerprint density at radius 3 is 2.90 bits per heavy atom. The number of aromatic nitrogens is 2. The van der Waals surface area contributed by atoms with Gasteiger partial charge in [0.05, 0.1) is 17.1 Å². The van der Waals surface area contributed by atoms with Crippen LogP contribution < -0.4 is 4.90 Å². The topological polar surface area (TPSA) is 44.5 Å². The molecule has 0 spiro atoms. The van der Waals surface area contributed by atoms with E-state index in [0.29, 0.717) is 6.04 Å². The molecule has 0 radical (unpaired) electrons. The summed E-state index contributed by atoms with van der Waals surface area (Å²) in [4.78, 5) is 10.7. The van der Waals surface area contributed by atoms with Crippen LogP contribution in [0.2, 0.25) is 0 Å². The van der Waals surface area contributed by atoms with Crippen molar-refractivity contribution < 1.29 is 5.11 Å². The highest BCUT2D eigenvalue weighted by molar-refractivity contribution is 7.98. The molecular formula is C23H28N4OS. The van der Waals surface area contributed by atoms with Crippen molar-refractivity contribution in [1.82, 2.24) is 13.9 Å². The molecule has 6 heteroatoms. The number of β-amino-alcohol motifs (C(OH)–C–C–N with tert-alkyl or cyclic N) is 1. The smallest absolute Gasteiger partial charge is 0.0922 e. The summed E-state index contributed by atoms with van der Waals surface area (Å²) >= 11 is 1.74. The van der Waals surface area contributed by atoms with E-state index in [-0.39, 0.29) is 6.10 Å². The van der Waals surface area contributed by atoms with E-state index in [1.54, 1.807) is 11.9 Å². The molecule has 2 fully saturated rings. The van der Waals surface area contributed by atoms with Crippen molar-refractivity contribution in [1.29, 1.82) is 0 Å². The molecule has 29 heavy (non-hydrogen) atoms. The fourth-order valence-corrected chi connectivity index (χ4v) is 5.60. The maximum absolute atomic E-state index is 9.86. The van der Waals surface area contributed by atoms with Gasteiger partial charge in [-0.1, -0.05) is 6.07 Å². The van der Waals surface area contributed by atoms with Crippen LogP contribution in [-0.2, 0) is 6.42 Å².